The fourth-order valence-electron chi connectivity index (χ4n) is 2.42. The van der Waals surface area contributed by atoms with Gasteiger partial charge in [0.1, 0.15) is 5.54 Å². The molecule has 110 valence electrons. The summed E-state index contributed by atoms with van der Waals surface area (Å²) in [7, 11) is 0. The molecule has 5 nitrogen and oxygen atoms in total. The molecule has 1 fully saturated rings. The number of hydrogen-bond acceptors (Lipinski definition) is 3. The van der Waals surface area contributed by atoms with E-state index >= 15 is 0 Å². The zero-order chi connectivity index (χ0) is 14.6. The van der Waals surface area contributed by atoms with E-state index in [9.17, 15) is 14.7 Å². The minimum atomic E-state index is -1.07. The summed E-state index contributed by atoms with van der Waals surface area (Å²) < 4.78 is 1.06. The van der Waals surface area contributed by atoms with Crippen LogP contribution in [0.2, 0.25) is 0 Å². The maximum absolute atomic E-state index is 11.8. The summed E-state index contributed by atoms with van der Waals surface area (Å²) in [6, 6.07) is 3.58. The lowest BCUT2D eigenvalue weighted by molar-refractivity contribution is -0.144. The first-order chi connectivity index (χ1) is 9.52. The number of carbonyl (C=O) groups is 2. The summed E-state index contributed by atoms with van der Waals surface area (Å²) in [5, 5.41) is 14.6. The van der Waals surface area contributed by atoms with Crippen LogP contribution in [0, 0.1) is 0 Å². The second kappa shape index (κ2) is 6.58. The number of hydrogen-bond donors (Lipinski definition) is 3. The smallest absolute Gasteiger partial charge is 0.329 e. The SMILES string of the molecule is O=C(NCCc1ccc(Br)s1)NC1(C(=O)O)CCCC1. The summed E-state index contributed by atoms with van der Waals surface area (Å²) in [6.45, 7) is 0.495. The van der Waals surface area contributed by atoms with Gasteiger partial charge in [-0.05, 0) is 47.3 Å². The molecule has 1 aliphatic rings. The van der Waals surface area contributed by atoms with Crippen molar-refractivity contribution in [2.24, 2.45) is 0 Å². The van der Waals surface area contributed by atoms with Crippen LogP contribution < -0.4 is 10.6 Å². The fourth-order valence-corrected chi connectivity index (χ4v) is 3.90. The minimum absolute atomic E-state index is 0.398. The van der Waals surface area contributed by atoms with E-state index in [-0.39, 0.29) is 0 Å². The third-order valence-electron chi connectivity index (χ3n) is 3.51. The van der Waals surface area contributed by atoms with Crippen molar-refractivity contribution < 1.29 is 14.7 Å². The molecule has 20 heavy (non-hydrogen) atoms. The second-order valence-electron chi connectivity index (χ2n) is 4.93. The quantitative estimate of drug-likeness (QED) is 0.755. The molecule has 3 N–H and O–H groups in total. The molecule has 0 unspecified atom stereocenters. The van der Waals surface area contributed by atoms with E-state index in [1.165, 1.54) is 4.88 Å². The number of carboxylic acids is 1. The van der Waals surface area contributed by atoms with E-state index in [1.54, 1.807) is 11.3 Å². The van der Waals surface area contributed by atoms with Crippen molar-refractivity contribution in [2.75, 3.05) is 6.54 Å². The highest BCUT2D eigenvalue weighted by molar-refractivity contribution is 9.11. The molecule has 1 aromatic rings. The summed E-state index contributed by atoms with van der Waals surface area (Å²) >= 11 is 5.02. The number of rotatable bonds is 5. The van der Waals surface area contributed by atoms with E-state index in [0.717, 1.165) is 23.0 Å². The maximum Gasteiger partial charge on any atom is 0.329 e. The molecular weight excluding hydrogens is 344 g/mol. The molecule has 0 aliphatic heterocycles. The Morgan fingerprint density at radius 2 is 2.05 bits per heavy atom. The topological polar surface area (TPSA) is 78.4 Å². The molecule has 0 aromatic carbocycles. The molecule has 2 rings (SSSR count). The van der Waals surface area contributed by atoms with Crippen LogP contribution in [0.25, 0.3) is 0 Å². The van der Waals surface area contributed by atoms with E-state index < -0.39 is 17.5 Å². The summed E-state index contributed by atoms with van der Waals surface area (Å²) in [5.41, 5.74) is -1.07. The average molecular weight is 361 g/mol. The number of carbonyl (C=O) groups excluding carboxylic acids is 1. The van der Waals surface area contributed by atoms with Gasteiger partial charge in [-0.2, -0.15) is 0 Å². The Hall–Kier alpha value is -1.08. The third-order valence-corrected chi connectivity index (χ3v) is 5.19. The number of nitrogens with one attached hydrogen (secondary N) is 2. The Morgan fingerprint density at radius 1 is 1.35 bits per heavy atom. The lowest BCUT2D eigenvalue weighted by Crippen LogP contribution is -2.55. The zero-order valence-corrected chi connectivity index (χ0v) is 13.3. The van der Waals surface area contributed by atoms with Gasteiger partial charge in [-0.3, -0.25) is 0 Å². The van der Waals surface area contributed by atoms with Gasteiger partial charge in [0.15, 0.2) is 0 Å². The van der Waals surface area contributed by atoms with Crippen molar-refractivity contribution in [3.05, 3.63) is 20.8 Å². The number of halogens is 1. The Kier molecular flexibility index (Phi) is 5.04. The average Bonchev–Trinajstić information content (AvgIpc) is 2.99. The molecule has 1 saturated carbocycles. The first-order valence-electron chi connectivity index (χ1n) is 6.55. The van der Waals surface area contributed by atoms with E-state index in [2.05, 4.69) is 26.6 Å². The largest absolute Gasteiger partial charge is 0.480 e. The van der Waals surface area contributed by atoms with E-state index in [0.29, 0.717) is 19.4 Å². The Balaban J connectivity index is 1.78. The number of aliphatic carboxylic acids is 1. The van der Waals surface area contributed by atoms with Crippen molar-refractivity contribution in [1.29, 1.82) is 0 Å². The van der Waals surface area contributed by atoms with E-state index in [4.69, 9.17) is 0 Å². The zero-order valence-electron chi connectivity index (χ0n) is 10.9. The van der Waals surface area contributed by atoms with Gasteiger partial charge in [0.2, 0.25) is 0 Å². The van der Waals surface area contributed by atoms with Crippen LogP contribution in [0.15, 0.2) is 15.9 Å². The molecule has 0 saturated heterocycles. The van der Waals surface area contributed by atoms with Gasteiger partial charge in [0.25, 0.3) is 0 Å². The first-order valence-corrected chi connectivity index (χ1v) is 8.16. The van der Waals surface area contributed by atoms with Gasteiger partial charge in [0, 0.05) is 11.4 Å². The van der Waals surface area contributed by atoms with Crippen LogP contribution in [-0.2, 0) is 11.2 Å². The van der Waals surface area contributed by atoms with Crippen LogP contribution in [-0.4, -0.2) is 29.2 Å². The molecule has 0 radical (unpaired) electrons. The van der Waals surface area contributed by atoms with Gasteiger partial charge in [-0.15, -0.1) is 11.3 Å². The van der Waals surface area contributed by atoms with Crippen LogP contribution >= 0.6 is 27.3 Å². The normalized spacial score (nSPS) is 16.9. The van der Waals surface area contributed by atoms with Gasteiger partial charge in [-0.25, -0.2) is 9.59 Å². The van der Waals surface area contributed by atoms with Crippen LogP contribution in [0.4, 0.5) is 4.79 Å². The predicted octanol–water partition coefficient (Wildman–Crippen LogP) is 2.75. The van der Waals surface area contributed by atoms with Crippen molar-refractivity contribution in [1.82, 2.24) is 10.6 Å². The number of urea groups is 1. The molecule has 1 heterocycles. The standard InChI is InChI=1S/C13H17BrN2O3S/c14-10-4-3-9(20-10)5-8-15-12(19)16-13(11(17)18)6-1-2-7-13/h3-4H,1-2,5-8H2,(H,17,18)(H2,15,16,19). The molecule has 0 spiro atoms. The number of thiophene rings is 1. The fraction of sp³-hybridized carbons (Fsp3) is 0.538. The molecule has 1 aliphatic carbocycles. The van der Waals surface area contributed by atoms with Gasteiger partial charge in [0.05, 0.1) is 3.79 Å². The highest BCUT2D eigenvalue weighted by Gasteiger charge is 2.42. The molecular formula is C13H17BrN2O3S. The van der Waals surface area contributed by atoms with Gasteiger partial charge < -0.3 is 15.7 Å². The lowest BCUT2D eigenvalue weighted by atomic mass is 9.98. The van der Waals surface area contributed by atoms with E-state index in [1.807, 2.05) is 12.1 Å². The van der Waals surface area contributed by atoms with Crippen LogP contribution in [0.3, 0.4) is 0 Å². The third kappa shape index (κ3) is 3.73. The first kappa shape index (κ1) is 15.3. The molecule has 1 aromatic heterocycles. The predicted molar refractivity (Wildman–Crippen MR) is 81.1 cm³/mol. The Bertz CT molecular complexity index is 498. The van der Waals surface area contributed by atoms with Crippen LogP contribution in [0.5, 0.6) is 0 Å². The Labute approximate surface area is 129 Å². The van der Waals surface area contributed by atoms with Crippen LogP contribution in [0.1, 0.15) is 30.6 Å². The van der Waals surface area contributed by atoms with Gasteiger partial charge >= 0.3 is 12.0 Å². The summed E-state index contributed by atoms with van der Waals surface area (Å²) in [4.78, 5) is 24.3. The molecule has 0 bridgehead atoms. The Morgan fingerprint density at radius 3 is 2.60 bits per heavy atom. The highest BCUT2D eigenvalue weighted by atomic mass is 79.9. The lowest BCUT2D eigenvalue weighted by Gasteiger charge is -2.25. The minimum Gasteiger partial charge on any atom is -0.480 e. The van der Waals surface area contributed by atoms with Crippen molar-refractivity contribution in [2.45, 2.75) is 37.6 Å². The molecule has 0 atom stereocenters. The molecule has 7 heteroatoms. The van der Waals surface area contributed by atoms with Crippen molar-refractivity contribution in [3.8, 4) is 0 Å². The number of amides is 2. The maximum atomic E-state index is 11.8. The highest BCUT2D eigenvalue weighted by Crippen LogP contribution is 2.29. The second-order valence-corrected chi connectivity index (χ2v) is 7.48. The monoisotopic (exact) mass is 360 g/mol. The number of carboxylic acid groups (broad SMARTS) is 1. The summed E-state index contributed by atoms with van der Waals surface area (Å²) in [6.07, 6.45) is 3.44. The van der Waals surface area contributed by atoms with Crippen molar-refractivity contribution in [3.63, 3.8) is 0 Å². The summed E-state index contributed by atoms with van der Waals surface area (Å²) in [5.74, 6) is -0.938. The van der Waals surface area contributed by atoms with Gasteiger partial charge in [-0.1, -0.05) is 12.8 Å². The van der Waals surface area contributed by atoms with Crippen molar-refractivity contribution >= 4 is 39.3 Å². The molecule has 2 amide bonds.